The summed E-state index contributed by atoms with van der Waals surface area (Å²) in [5.74, 6) is 2.28. The fourth-order valence-electron chi connectivity index (χ4n) is 2.16. The summed E-state index contributed by atoms with van der Waals surface area (Å²) >= 11 is 9.09. The van der Waals surface area contributed by atoms with Gasteiger partial charge in [0.15, 0.2) is 10.9 Å². The zero-order chi connectivity index (χ0) is 18.4. The number of hydrogen-bond donors (Lipinski definition) is 1. The average molecular weight is 408 g/mol. The molecule has 2 aromatic heterocycles. The number of halogens is 1. The zero-order valence-corrected chi connectivity index (χ0v) is 16.5. The maximum absolute atomic E-state index is 12.1. The third-order valence-electron chi connectivity index (χ3n) is 3.48. The molecule has 1 aromatic carbocycles. The van der Waals surface area contributed by atoms with Crippen LogP contribution in [-0.4, -0.2) is 27.8 Å². The van der Waals surface area contributed by atoms with Gasteiger partial charge >= 0.3 is 0 Å². The van der Waals surface area contributed by atoms with Gasteiger partial charge in [0.05, 0.1) is 5.75 Å². The van der Waals surface area contributed by atoms with E-state index >= 15 is 0 Å². The molecule has 0 saturated carbocycles. The normalized spacial score (nSPS) is 10.8. The summed E-state index contributed by atoms with van der Waals surface area (Å²) in [5, 5.41) is 4.50. The van der Waals surface area contributed by atoms with Crippen molar-refractivity contribution in [3.63, 3.8) is 0 Å². The molecule has 0 spiro atoms. The molecule has 5 nitrogen and oxygen atoms in total. The molecule has 26 heavy (non-hydrogen) atoms. The van der Waals surface area contributed by atoms with Crippen LogP contribution in [0.3, 0.4) is 0 Å². The van der Waals surface area contributed by atoms with Gasteiger partial charge in [0.2, 0.25) is 0 Å². The maximum Gasteiger partial charge on any atom is 0.287 e. The van der Waals surface area contributed by atoms with Crippen molar-refractivity contribution in [1.82, 2.24) is 14.9 Å². The maximum atomic E-state index is 12.1. The van der Waals surface area contributed by atoms with Crippen molar-refractivity contribution in [1.29, 1.82) is 0 Å². The van der Waals surface area contributed by atoms with Gasteiger partial charge in [0.1, 0.15) is 5.76 Å². The number of rotatable bonds is 8. The lowest BCUT2D eigenvalue weighted by atomic mass is 10.4. The van der Waals surface area contributed by atoms with Crippen LogP contribution in [0.1, 0.15) is 16.3 Å². The summed E-state index contributed by atoms with van der Waals surface area (Å²) in [6, 6.07) is 11.2. The fraction of sp³-hybridized carbons (Fsp3) is 0.222. The molecule has 3 aromatic rings. The standard InChI is InChI=1S/C18H18ClN3O2S2/c1-22-10-8-21-18(22)26-12-14-4-7-16(24-14)17(23)20-9-11-25-15-5-2-13(19)3-6-15/h2-8,10H,9,11-12H2,1H3,(H,20,23). The SMILES string of the molecule is Cn1ccnc1SCc1ccc(C(=O)NCCSc2ccc(Cl)cc2)o1. The minimum absolute atomic E-state index is 0.199. The molecule has 8 heteroatoms. The van der Waals surface area contributed by atoms with Crippen LogP contribution in [0.2, 0.25) is 5.02 Å². The van der Waals surface area contributed by atoms with Gasteiger partial charge in [-0.25, -0.2) is 4.98 Å². The number of carbonyl (C=O) groups is 1. The van der Waals surface area contributed by atoms with E-state index in [0.717, 1.165) is 26.6 Å². The first kappa shape index (κ1) is 18.9. The van der Waals surface area contributed by atoms with Gasteiger partial charge in [-0.1, -0.05) is 23.4 Å². The second kappa shape index (κ2) is 9.21. The topological polar surface area (TPSA) is 60.1 Å². The predicted molar refractivity (Wildman–Crippen MR) is 106 cm³/mol. The van der Waals surface area contributed by atoms with E-state index in [0.29, 0.717) is 18.1 Å². The van der Waals surface area contributed by atoms with Crippen molar-refractivity contribution in [2.45, 2.75) is 15.8 Å². The van der Waals surface area contributed by atoms with E-state index in [-0.39, 0.29) is 5.91 Å². The summed E-state index contributed by atoms with van der Waals surface area (Å²) in [6.07, 6.45) is 3.65. The van der Waals surface area contributed by atoms with Gasteiger partial charge in [-0.05, 0) is 36.4 Å². The smallest absolute Gasteiger partial charge is 0.287 e. The first-order valence-corrected chi connectivity index (χ1v) is 10.3. The van der Waals surface area contributed by atoms with E-state index < -0.39 is 0 Å². The molecule has 0 saturated heterocycles. The number of thioether (sulfide) groups is 2. The fourth-order valence-corrected chi connectivity index (χ4v) is 3.88. The Kier molecular flexibility index (Phi) is 6.71. The highest BCUT2D eigenvalue weighted by atomic mass is 35.5. The molecule has 2 heterocycles. The first-order valence-electron chi connectivity index (χ1n) is 7.97. The van der Waals surface area contributed by atoms with Crippen LogP contribution in [0.25, 0.3) is 0 Å². The number of furan rings is 1. The Balaban J connectivity index is 1.41. The van der Waals surface area contributed by atoms with Crippen molar-refractivity contribution in [3.8, 4) is 0 Å². The van der Waals surface area contributed by atoms with E-state index in [1.165, 1.54) is 0 Å². The lowest BCUT2D eigenvalue weighted by molar-refractivity contribution is 0.0927. The molecule has 3 rings (SSSR count). The van der Waals surface area contributed by atoms with Crippen LogP contribution in [0.5, 0.6) is 0 Å². The van der Waals surface area contributed by atoms with Gasteiger partial charge in [0.25, 0.3) is 5.91 Å². The third-order valence-corrected chi connectivity index (χ3v) is 5.82. The minimum Gasteiger partial charge on any atom is -0.455 e. The Morgan fingerprint density at radius 1 is 1.23 bits per heavy atom. The monoisotopic (exact) mass is 407 g/mol. The van der Waals surface area contributed by atoms with Gasteiger partial charge in [0, 0.05) is 41.7 Å². The molecule has 136 valence electrons. The Bertz CT molecular complexity index is 861. The van der Waals surface area contributed by atoms with E-state index in [4.69, 9.17) is 16.0 Å². The lowest BCUT2D eigenvalue weighted by Crippen LogP contribution is -2.25. The number of nitrogens with one attached hydrogen (secondary N) is 1. The summed E-state index contributed by atoms with van der Waals surface area (Å²) in [5.41, 5.74) is 0. The van der Waals surface area contributed by atoms with Crippen molar-refractivity contribution in [2.75, 3.05) is 12.3 Å². The summed E-state index contributed by atoms with van der Waals surface area (Å²) in [4.78, 5) is 17.5. The molecule has 0 atom stereocenters. The molecule has 0 aliphatic rings. The number of aryl methyl sites for hydroxylation is 1. The van der Waals surface area contributed by atoms with Crippen molar-refractivity contribution >= 4 is 41.0 Å². The molecule has 0 aliphatic carbocycles. The summed E-state index contributed by atoms with van der Waals surface area (Å²) in [6.45, 7) is 0.560. The predicted octanol–water partition coefficient (Wildman–Crippen LogP) is 4.48. The number of nitrogens with zero attached hydrogens (tertiary/aromatic N) is 2. The van der Waals surface area contributed by atoms with Crippen LogP contribution in [0, 0.1) is 0 Å². The Morgan fingerprint density at radius 3 is 2.77 bits per heavy atom. The molecule has 0 radical (unpaired) electrons. The molecule has 1 N–H and O–H groups in total. The number of hydrogen-bond acceptors (Lipinski definition) is 5. The lowest BCUT2D eigenvalue weighted by Gasteiger charge is -2.04. The highest BCUT2D eigenvalue weighted by molar-refractivity contribution is 7.99. The molecule has 0 bridgehead atoms. The minimum atomic E-state index is -0.199. The van der Waals surface area contributed by atoms with Crippen LogP contribution in [0.4, 0.5) is 0 Å². The second-order valence-corrected chi connectivity index (χ2v) is 7.98. The highest BCUT2D eigenvalue weighted by Gasteiger charge is 2.11. The van der Waals surface area contributed by atoms with Crippen molar-refractivity contribution in [2.24, 2.45) is 7.05 Å². The molecular formula is C18H18ClN3O2S2. The van der Waals surface area contributed by atoms with Crippen molar-refractivity contribution in [3.05, 3.63) is 65.3 Å². The zero-order valence-electron chi connectivity index (χ0n) is 14.1. The van der Waals surface area contributed by atoms with Gasteiger partial charge in [-0.3, -0.25) is 4.79 Å². The van der Waals surface area contributed by atoms with E-state index in [2.05, 4.69) is 10.3 Å². The molecule has 1 amide bonds. The highest BCUT2D eigenvalue weighted by Crippen LogP contribution is 2.22. The van der Waals surface area contributed by atoms with Crippen LogP contribution < -0.4 is 5.32 Å². The number of imidazole rings is 1. The van der Waals surface area contributed by atoms with Crippen LogP contribution >= 0.6 is 35.1 Å². The second-order valence-electron chi connectivity index (χ2n) is 5.43. The average Bonchev–Trinajstić information content (AvgIpc) is 3.27. The van der Waals surface area contributed by atoms with E-state index in [1.807, 2.05) is 48.1 Å². The third kappa shape index (κ3) is 5.33. The number of benzene rings is 1. The summed E-state index contributed by atoms with van der Waals surface area (Å²) in [7, 11) is 1.94. The Morgan fingerprint density at radius 2 is 2.04 bits per heavy atom. The number of amides is 1. The number of carbonyl (C=O) groups excluding carboxylic acids is 1. The summed E-state index contributed by atoms with van der Waals surface area (Å²) < 4.78 is 7.56. The van der Waals surface area contributed by atoms with E-state index in [1.54, 1.807) is 35.8 Å². The Hall–Kier alpha value is -1.83. The first-order chi connectivity index (χ1) is 12.6. The Labute approximate surface area is 165 Å². The number of aromatic nitrogens is 2. The van der Waals surface area contributed by atoms with E-state index in [9.17, 15) is 4.79 Å². The molecule has 0 fully saturated rings. The molecule has 0 unspecified atom stereocenters. The van der Waals surface area contributed by atoms with Gasteiger partial charge in [-0.15, -0.1) is 11.8 Å². The largest absolute Gasteiger partial charge is 0.455 e. The quantitative estimate of drug-likeness (QED) is 0.440. The van der Waals surface area contributed by atoms with Crippen molar-refractivity contribution < 1.29 is 9.21 Å². The molecular weight excluding hydrogens is 390 g/mol. The van der Waals surface area contributed by atoms with Crippen LogP contribution in [0.15, 0.2) is 63.3 Å². The van der Waals surface area contributed by atoms with Gasteiger partial charge in [-0.2, -0.15) is 0 Å². The van der Waals surface area contributed by atoms with Gasteiger partial charge < -0.3 is 14.3 Å². The molecule has 0 aliphatic heterocycles. The van der Waals surface area contributed by atoms with Crippen LogP contribution in [-0.2, 0) is 12.8 Å².